The van der Waals surface area contributed by atoms with Gasteiger partial charge in [-0.15, -0.1) is 0 Å². The molecule has 0 N–H and O–H groups in total. The number of amides is 1. The lowest BCUT2D eigenvalue weighted by atomic mass is 10.2. The van der Waals surface area contributed by atoms with E-state index in [2.05, 4.69) is 4.98 Å². The van der Waals surface area contributed by atoms with Crippen LogP contribution in [0.4, 0.5) is 5.69 Å². The average Bonchev–Trinajstić information content (AvgIpc) is 2.83. The molecule has 1 aromatic heterocycles. The first-order valence-electron chi connectivity index (χ1n) is 6.03. The van der Waals surface area contributed by atoms with Gasteiger partial charge in [-0.2, -0.15) is 0 Å². The molecule has 0 bridgehead atoms. The summed E-state index contributed by atoms with van der Waals surface area (Å²) in [7, 11) is 0. The highest BCUT2D eigenvalue weighted by Gasteiger charge is 2.13. The van der Waals surface area contributed by atoms with E-state index in [0.717, 1.165) is 11.3 Å². The zero-order chi connectivity index (χ0) is 13.0. The predicted molar refractivity (Wildman–Crippen MR) is 71.4 cm³/mol. The molecule has 0 aliphatic carbocycles. The van der Waals surface area contributed by atoms with E-state index in [9.17, 15) is 4.79 Å². The van der Waals surface area contributed by atoms with Gasteiger partial charge in [-0.05, 0) is 31.5 Å². The average molecular weight is 243 g/mol. The van der Waals surface area contributed by atoms with Crippen molar-refractivity contribution in [1.29, 1.82) is 0 Å². The molecule has 0 spiro atoms. The molecule has 0 saturated heterocycles. The van der Waals surface area contributed by atoms with E-state index in [1.54, 1.807) is 28.2 Å². The summed E-state index contributed by atoms with van der Waals surface area (Å²) >= 11 is 0. The van der Waals surface area contributed by atoms with E-state index < -0.39 is 0 Å². The monoisotopic (exact) mass is 243 g/mol. The van der Waals surface area contributed by atoms with Crippen molar-refractivity contribution in [3.63, 3.8) is 0 Å². The fraction of sp³-hybridized carbons (Fsp3) is 0.286. The van der Waals surface area contributed by atoms with Crippen molar-refractivity contribution in [2.45, 2.75) is 20.4 Å². The van der Waals surface area contributed by atoms with Crippen molar-refractivity contribution in [1.82, 2.24) is 9.55 Å². The van der Waals surface area contributed by atoms with E-state index in [1.165, 1.54) is 0 Å². The fourth-order valence-electron chi connectivity index (χ4n) is 1.92. The maximum Gasteiger partial charge on any atom is 0.246 e. The first kappa shape index (κ1) is 12.4. The molecule has 94 valence electrons. The van der Waals surface area contributed by atoms with Crippen LogP contribution in [0.15, 0.2) is 43.0 Å². The summed E-state index contributed by atoms with van der Waals surface area (Å²) in [5, 5.41) is 0. The van der Waals surface area contributed by atoms with Gasteiger partial charge >= 0.3 is 0 Å². The number of hydrogen-bond donors (Lipinski definition) is 0. The van der Waals surface area contributed by atoms with E-state index in [0.29, 0.717) is 13.1 Å². The minimum atomic E-state index is 0.0705. The van der Waals surface area contributed by atoms with Crippen molar-refractivity contribution in [2.24, 2.45) is 0 Å². The number of anilines is 1. The van der Waals surface area contributed by atoms with Gasteiger partial charge in [0.2, 0.25) is 5.91 Å². The van der Waals surface area contributed by atoms with Crippen LogP contribution in [0.5, 0.6) is 0 Å². The van der Waals surface area contributed by atoms with Gasteiger partial charge in [0.1, 0.15) is 6.54 Å². The van der Waals surface area contributed by atoms with Crippen LogP contribution in [0.25, 0.3) is 0 Å². The van der Waals surface area contributed by atoms with Gasteiger partial charge in [0, 0.05) is 24.6 Å². The van der Waals surface area contributed by atoms with Gasteiger partial charge in [-0.25, -0.2) is 4.98 Å². The van der Waals surface area contributed by atoms with Crippen LogP contribution in [0.1, 0.15) is 12.5 Å². The van der Waals surface area contributed by atoms with E-state index in [1.807, 2.05) is 38.1 Å². The van der Waals surface area contributed by atoms with Gasteiger partial charge < -0.3 is 9.47 Å². The quantitative estimate of drug-likeness (QED) is 0.826. The molecule has 1 amide bonds. The third-order valence-corrected chi connectivity index (χ3v) is 2.81. The summed E-state index contributed by atoms with van der Waals surface area (Å²) in [4.78, 5) is 18.0. The lowest BCUT2D eigenvalue weighted by Crippen LogP contribution is -2.33. The van der Waals surface area contributed by atoms with Crippen LogP contribution in [0.2, 0.25) is 0 Å². The zero-order valence-corrected chi connectivity index (χ0v) is 10.7. The summed E-state index contributed by atoms with van der Waals surface area (Å²) in [6.45, 7) is 4.99. The maximum absolute atomic E-state index is 12.2. The number of imidazole rings is 1. The van der Waals surface area contributed by atoms with Crippen molar-refractivity contribution in [3.8, 4) is 0 Å². The Morgan fingerprint density at radius 2 is 2.28 bits per heavy atom. The molecule has 0 atom stereocenters. The smallest absolute Gasteiger partial charge is 0.246 e. The Morgan fingerprint density at radius 1 is 1.44 bits per heavy atom. The molecule has 0 unspecified atom stereocenters. The standard InChI is InChI=1S/C14H17N3O/c1-3-17(13-6-4-5-12(2)9-13)14(18)10-16-8-7-15-11-16/h4-9,11H,3,10H2,1-2H3. The van der Waals surface area contributed by atoms with E-state index in [4.69, 9.17) is 0 Å². The van der Waals surface area contributed by atoms with Gasteiger partial charge in [0.25, 0.3) is 0 Å². The van der Waals surface area contributed by atoms with Crippen molar-refractivity contribution in [2.75, 3.05) is 11.4 Å². The lowest BCUT2D eigenvalue weighted by Gasteiger charge is -2.21. The molecule has 0 aliphatic rings. The fourth-order valence-corrected chi connectivity index (χ4v) is 1.92. The molecule has 1 aromatic carbocycles. The Balaban J connectivity index is 2.15. The number of carbonyl (C=O) groups is 1. The number of benzene rings is 1. The van der Waals surface area contributed by atoms with Gasteiger partial charge in [-0.1, -0.05) is 12.1 Å². The predicted octanol–water partition coefficient (Wildman–Crippen LogP) is 2.24. The van der Waals surface area contributed by atoms with Crippen LogP contribution < -0.4 is 4.90 Å². The Morgan fingerprint density at radius 3 is 2.89 bits per heavy atom. The first-order valence-corrected chi connectivity index (χ1v) is 6.03. The number of hydrogen-bond acceptors (Lipinski definition) is 2. The molecule has 2 aromatic rings. The van der Waals surface area contributed by atoms with Crippen LogP contribution in [0.3, 0.4) is 0 Å². The molecule has 0 fully saturated rings. The van der Waals surface area contributed by atoms with Gasteiger partial charge in [0.05, 0.1) is 6.33 Å². The highest BCUT2D eigenvalue weighted by molar-refractivity contribution is 5.93. The maximum atomic E-state index is 12.2. The number of likely N-dealkylation sites (N-methyl/N-ethyl adjacent to an activating group) is 1. The van der Waals surface area contributed by atoms with Crippen LogP contribution in [-0.4, -0.2) is 22.0 Å². The van der Waals surface area contributed by atoms with E-state index >= 15 is 0 Å². The third-order valence-electron chi connectivity index (χ3n) is 2.81. The summed E-state index contributed by atoms with van der Waals surface area (Å²) < 4.78 is 1.78. The van der Waals surface area contributed by atoms with Crippen LogP contribution in [-0.2, 0) is 11.3 Å². The number of carbonyl (C=O) groups excluding carboxylic acids is 1. The molecule has 0 aliphatic heterocycles. The van der Waals surface area contributed by atoms with Crippen molar-refractivity contribution >= 4 is 11.6 Å². The minimum absolute atomic E-state index is 0.0705. The molecule has 1 heterocycles. The van der Waals surface area contributed by atoms with Gasteiger partial charge in [-0.3, -0.25) is 4.79 Å². The number of rotatable bonds is 4. The summed E-state index contributed by atoms with van der Waals surface area (Å²) in [6, 6.07) is 7.98. The second-order valence-electron chi connectivity index (χ2n) is 4.21. The second-order valence-corrected chi connectivity index (χ2v) is 4.21. The third kappa shape index (κ3) is 2.77. The molecule has 4 nitrogen and oxygen atoms in total. The zero-order valence-electron chi connectivity index (χ0n) is 10.7. The summed E-state index contributed by atoms with van der Waals surface area (Å²) in [5.41, 5.74) is 2.10. The van der Waals surface area contributed by atoms with Crippen LogP contribution >= 0.6 is 0 Å². The minimum Gasteiger partial charge on any atom is -0.328 e. The topological polar surface area (TPSA) is 38.1 Å². The first-order chi connectivity index (χ1) is 8.70. The van der Waals surface area contributed by atoms with E-state index in [-0.39, 0.29) is 5.91 Å². The van der Waals surface area contributed by atoms with Crippen LogP contribution in [0, 0.1) is 6.92 Å². The molecule has 0 radical (unpaired) electrons. The molecular formula is C14H17N3O. The number of aryl methyl sites for hydroxylation is 1. The van der Waals surface area contributed by atoms with Crippen molar-refractivity contribution in [3.05, 3.63) is 48.5 Å². The number of aromatic nitrogens is 2. The summed E-state index contributed by atoms with van der Waals surface area (Å²) in [5.74, 6) is 0.0705. The van der Waals surface area contributed by atoms with Crippen molar-refractivity contribution < 1.29 is 4.79 Å². The second kappa shape index (κ2) is 5.49. The highest BCUT2D eigenvalue weighted by Crippen LogP contribution is 2.16. The normalized spacial score (nSPS) is 10.3. The number of nitrogens with zero attached hydrogens (tertiary/aromatic N) is 3. The molecule has 4 heteroatoms. The Hall–Kier alpha value is -2.10. The lowest BCUT2D eigenvalue weighted by molar-refractivity contribution is -0.119. The van der Waals surface area contributed by atoms with Gasteiger partial charge in [0.15, 0.2) is 0 Å². The Bertz CT molecular complexity index is 520. The molecule has 0 saturated carbocycles. The Labute approximate surface area is 107 Å². The summed E-state index contributed by atoms with van der Waals surface area (Å²) in [6.07, 6.45) is 5.13. The largest absolute Gasteiger partial charge is 0.328 e. The Kier molecular flexibility index (Phi) is 3.77. The highest BCUT2D eigenvalue weighted by atomic mass is 16.2. The molecule has 2 rings (SSSR count). The molecule has 18 heavy (non-hydrogen) atoms. The molecular weight excluding hydrogens is 226 g/mol. The SMILES string of the molecule is CCN(C(=O)Cn1ccnc1)c1cccc(C)c1.